The maximum atomic E-state index is 11.8. The van der Waals surface area contributed by atoms with Gasteiger partial charge in [-0.15, -0.1) is 0 Å². The highest BCUT2D eigenvalue weighted by atomic mass is 35.7. The molecule has 1 aromatic heterocycles. The number of aromatic nitrogens is 2. The zero-order chi connectivity index (χ0) is 14.9. The predicted molar refractivity (Wildman–Crippen MR) is 68.8 cm³/mol. The van der Waals surface area contributed by atoms with Crippen molar-refractivity contribution in [1.29, 1.82) is 0 Å². The monoisotopic (exact) mass is 320 g/mol. The summed E-state index contributed by atoms with van der Waals surface area (Å²) in [6, 6.07) is 0. The van der Waals surface area contributed by atoms with Gasteiger partial charge in [0.1, 0.15) is 12.4 Å². The summed E-state index contributed by atoms with van der Waals surface area (Å²) in [6.07, 6.45) is 1.99. The molecule has 2 heterocycles. The van der Waals surface area contributed by atoms with Gasteiger partial charge in [-0.25, -0.2) is 18.4 Å². The first-order valence-electron chi connectivity index (χ1n) is 5.45. The van der Waals surface area contributed by atoms with Gasteiger partial charge in [-0.2, -0.15) is 0 Å². The third-order valence-corrected chi connectivity index (χ3v) is 3.96. The smallest absolute Gasteiger partial charge is 0.280 e. The first-order valence-corrected chi connectivity index (χ1v) is 7.93. The molecule has 0 aromatic carbocycles. The van der Waals surface area contributed by atoms with Crippen LogP contribution in [-0.2, 0) is 13.8 Å². The number of nitro groups is 1. The minimum atomic E-state index is -3.69. The second kappa shape index (κ2) is 5.29. The molecule has 1 atom stereocenters. The van der Waals surface area contributed by atoms with Crippen molar-refractivity contribution in [1.82, 2.24) is 9.97 Å². The van der Waals surface area contributed by atoms with Crippen molar-refractivity contribution in [3.63, 3.8) is 0 Å². The van der Waals surface area contributed by atoms with Crippen molar-refractivity contribution in [2.24, 2.45) is 5.92 Å². The molecule has 1 unspecified atom stereocenters. The standard InChI is InChI=1S/C9H9ClN4O5S/c10-20(18,19)5-6-1-8(15)13(4-6)9-11-2-7(3-12-9)14(16)17/h2-3,6H,1,4-5H2. The lowest BCUT2D eigenvalue weighted by atomic mass is 10.1. The molecule has 1 saturated heterocycles. The van der Waals surface area contributed by atoms with Gasteiger partial charge < -0.3 is 0 Å². The summed E-state index contributed by atoms with van der Waals surface area (Å²) < 4.78 is 22.0. The Labute approximate surface area is 118 Å². The fourth-order valence-electron chi connectivity index (χ4n) is 1.92. The van der Waals surface area contributed by atoms with Gasteiger partial charge in [0.05, 0.1) is 10.7 Å². The molecule has 0 N–H and O–H groups in total. The molecule has 0 saturated carbocycles. The molecule has 1 aliphatic heterocycles. The number of anilines is 1. The molecule has 0 bridgehead atoms. The SMILES string of the molecule is O=C1CC(CS(=O)(=O)Cl)CN1c1ncc([N+](=O)[O-])cn1. The number of halogens is 1. The highest BCUT2D eigenvalue weighted by Gasteiger charge is 2.34. The van der Waals surface area contributed by atoms with Crippen LogP contribution in [0.3, 0.4) is 0 Å². The Balaban J connectivity index is 2.13. The fourth-order valence-corrected chi connectivity index (χ4v) is 3.24. The van der Waals surface area contributed by atoms with Crippen molar-refractivity contribution in [3.8, 4) is 0 Å². The number of nitrogens with zero attached hydrogens (tertiary/aromatic N) is 4. The number of hydrogen-bond acceptors (Lipinski definition) is 7. The van der Waals surface area contributed by atoms with E-state index in [0.717, 1.165) is 12.4 Å². The van der Waals surface area contributed by atoms with E-state index in [0.29, 0.717) is 0 Å². The zero-order valence-electron chi connectivity index (χ0n) is 9.97. The lowest BCUT2D eigenvalue weighted by molar-refractivity contribution is -0.385. The van der Waals surface area contributed by atoms with Crippen molar-refractivity contribution >= 4 is 37.3 Å². The van der Waals surface area contributed by atoms with Gasteiger partial charge in [-0.3, -0.25) is 19.8 Å². The Morgan fingerprint density at radius 2 is 2.05 bits per heavy atom. The van der Waals surface area contributed by atoms with Crippen molar-refractivity contribution < 1.29 is 18.1 Å². The van der Waals surface area contributed by atoms with Crippen LogP contribution in [0, 0.1) is 16.0 Å². The highest BCUT2D eigenvalue weighted by molar-refractivity contribution is 8.13. The number of hydrogen-bond donors (Lipinski definition) is 0. The molecule has 0 radical (unpaired) electrons. The van der Waals surface area contributed by atoms with Crippen LogP contribution >= 0.6 is 10.7 Å². The minimum absolute atomic E-state index is 0.00932. The van der Waals surface area contributed by atoms with E-state index < -0.39 is 19.9 Å². The quantitative estimate of drug-likeness (QED) is 0.444. The Kier molecular flexibility index (Phi) is 3.86. The van der Waals surface area contributed by atoms with Gasteiger partial charge in [0.2, 0.25) is 20.9 Å². The van der Waals surface area contributed by atoms with E-state index in [9.17, 15) is 23.3 Å². The molecule has 1 aromatic rings. The molecule has 108 valence electrons. The lowest BCUT2D eigenvalue weighted by Crippen LogP contribution is -2.27. The molecule has 20 heavy (non-hydrogen) atoms. The van der Waals surface area contributed by atoms with E-state index in [1.54, 1.807) is 0 Å². The second-order valence-electron chi connectivity index (χ2n) is 4.28. The normalized spacial score (nSPS) is 19.4. The third-order valence-electron chi connectivity index (χ3n) is 2.72. The number of rotatable bonds is 4. The van der Waals surface area contributed by atoms with Crippen LogP contribution in [0.4, 0.5) is 11.6 Å². The van der Waals surface area contributed by atoms with Crippen LogP contribution in [0.5, 0.6) is 0 Å². The molecule has 1 aliphatic rings. The van der Waals surface area contributed by atoms with Gasteiger partial charge in [0.25, 0.3) is 0 Å². The first kappa shape index (κ1) is 14.6. The molecule has 9 nitrogen and oxygen atoms in total. The topological polar surface area (TPSA) is 123 Å². The van der Waals surface area contributed by atoms with E-state index in [4.69, 9.17) is 10.7 Å². The molecule has 11 heteroatoms. The van der Waals surface area contributed by atoms with Gasteiger partial charge in [-0.1, -0.05) is 0 Å². The molecule has 1 fully saturated rings. The molecule has 2 rings (SSSR count). The molecule has 0 aliphatic carbocycles. The van der Waals surface area contributed by atoms with E-state index in [-0.39, 0.29) is 36.3 Å². The van der Waals surface area contributed by atoms with Gasteiger partial charge in [-0.05, 0) is 0 Å². The Morgan fingerprint density at radius 3 is 2.55 bits per heavy atom. The van der Waals surface area contributed by atoms with Crippen molar-refractivity contribution in [3.05, 3.63) is 22.5 Å². The maximum absolute atomic E-state index is 11.8. The predicted octanol–water partition coefficient (Wildman–Crippen LogP) is 0.306. The number of carbonyl (C=O) groups excluding carboxylic acids is 1. The number of carbonyl (C=O) groups is 1. The van der Waals surface area contributed by atoms with Crippen molar-refractivity contribution in [2.45, 2.75) is 6.42 Å². The maximum Gasteiger partial charge on any atom is 0.305 e. The van der Waals surface area contributed by atoms with E-state index in [1.165, 1.54) is 4.90 Å². The van der Waals surface area contributed by atoms with Crippen LogP contribution in [0.2, 0.25) is 0 Å². The van der Waals surface area contributed by atoms with Crippen LogP contribution in [0.1, 0.15) is 6.42 Å². The van der Waals surface area contributed by atoms with Gasteiger partial charge in [0.15, 0.2) is 0 Å². The Hall–Kier alpha value is -1.81. The largest absolute Gasteiger partial charge is 0.305 e. The second-order valence-corrected chi connectivity index (χ2v) is 7.10. The van der Waals surface area contributed by atoms with E-state index >= 15 is 0 Å². The van der Waals surface area contributed by atoms with E-state index in [2.05, 4.69) is 9.97 Å². The average Bonchev–Trinajstić information content (AvgIpc) is 2.67. The minimum Gasteiger partial charge on any atom is -0.280 e. The highest BCUT2D eigenvalue weighted by Crippen LogP contribution is 2.24. The van der Waals surface area contributed by atoms with E-state index in [1.807, 2.05) is 0 Å². The van der Waals surface area contributed by atoms with Crippen LogP contribution in [0.25, 0.3) is 0 Å². The first-order chi connectivity index (χ1) is 9.26. The van der Waals surface area contributed by atoms with Gasteiger partial charge >= 0.3 is 5.69 Å². The summed E-state index contributed by atoms with van der Waals surface area (Å²) in [4.78, 5) is 30.2. The summed E-state index contributed by atoms with van der Waals surface area (Å²) in [5.74, 6) is -1.09. The fraction of sp³-hybridized carbons (Fsp3) is 0.444. The van der Waals surface area contributed by atoms with Gasteiger partial charge in [0, 0.05) is 29.6 Å². The zero-order valence-corrected chi connectivity index (χ0v) is 11.5. The van der Waals surface area contributed by atoms with Crippen LogP contribution in [-0.4, -0.2) is 41.5 Å². The number of amides is 1. The summed E-state index contributed by atoms with van der Waals surface area (Å²) in [5.41, 5.74) is -0.291. The summed E-state index contributed by atoms with van der Waals surface area (Å²) in [6.45, 7) is 0.114. The van der Waals surface area contributed by atoms with Crippen molar-refractivity contribution in [2.75, 3.05) is 17.2 Å². The molecular formula is C9H9ClN4O5S. The molecule has 0 spiro atoms. The summed E-state index contributed by atoms with van der Waals surface area (Å²) >= 11 is 0. The Morgan fingerprint density at radius 1 is 1.45 bits per heavy atom. The molecular weight excluding hydrogens is 312 g/mol. The average molecular weight is 321 g/mol. The summed E-state index contributed by atoms with van der Waals surface area (Å²) in [5, 5.41) is 10.5. The van der Waals surface area contributed by atoms with Crippen LogP contribution < -0.4 is 4.90 Å². The molecule has 1 amide bonds. The van der Waals surface area contributed by atoms with Crippen LogP contribution in [0.15, 0.2) is 12.4 Å². The third kappa shape index (κ3) is 3.39. The summed E-state index contributed by atoms with van der Waals surface area (Å²) in [7, 11) is 1.46. The lowest BCUT2D eigenvalue weighted by Gasteiger charge is -2.13. The Bertz CT molecular complexity index is 647.